The van der Waals surface area contributed by atoms with E-state index in [0.717, 1.165) is 51.9 Å². The van der Waals surface area contributed by atoms with Crippen LogP contribution in [-0.4, -0.2) is 69.3 Å². The van der Waals surface area contributed by atoms with Crippen LogP contribution in [0.3, 0.4) is 0 Å². The summed E-state index contributed by atoms with van der Waals surface area (Å²) in [4.78, 5) is 17.1. The lowest BCUT2D eigenvalue weighted by Crippen LogP contribution is -2.35. The number of unbranched alkanes of at least 4 members (excludes halogenated alkanes) is 19. The first kappa shape index (κ1) is 47.1. The quantitative estimate of drug-likeness (QED) is 0.0522. The molecule has 0 atom stereocenters. The fraction of sp³-hybridized carbons (Fsp3) is 0.795. The molecule has 0 spiro atoms. The second kappa shape index (κ2) is 40.6. The molecular weight excluding hydrogens is 603 g/mol. The van der Waals surface area contributed by atoms with Crippen LogP contribution in [0.5, 0.6) is 0 Å². The maximum absolute atomic E-state index is 12.9. The van der Waals surface area contributed by atoms with Gasteiger partial charge in [-0.25, -0.2) is 4.79 Å². The molecule has 0 aromatic carbocycles. The van der Waals surface area contributed by atoms with E-state index in [4.69, 9.17) is 4.74 Å². The molecule has 0 rings (SSSR count). The first-order chi connectivity index (χ1) is 24.1. The van der Waals surface area contributed by atoms with E-state index in [2.05, 4.69) is 86.8 Å². The molecule has 0 aliphatic heterocycles. The van der Waals surface area contributed by atoms with Crippen molar-refractivity contribution >= 4 is 6.09 Å². The molecule has 1 amide bonds. The van der Waals surface area contributed by atoms with Gasteiger partial charge in [-0.2, -0.15) is 0 Å². The number of allylic oxidation sites excluding steroid dienone is 8. The molecule has 0 fully saturated rings. The topological polar surface area (TPSA) is 44.8 Å². The monoisotopic (exact) mass is 686 g/mol. The largest absolute Gasteiger partial charge is 0.448 e. The third kappa shape index (κ3) is 38.8. The number of ether oxygens (including phenoxy) is 1. The van der Waals surface area contributed by atoms with E-state index in [0.29, 0.717) is 13.2 Å². The number of carbonyl (C=O) groups excluding carboxylic acids is 1. The zero-order chi connectivity index (χ0) is 35.7. The van der Waals surface area contributed by atoms with Gasteiger partial charge in [0, 0.05) is 32.7 Å². The van der Waals surface area contributed by atoms with Gasteiger partial charge < -0.3 is 19.9 Å². The molecular formula is C44H83N3O2. The molecule has 0 aromatic rings. The highest BCUT2D eigenvalue weighted by Gasteiger charge is 2.14. The summed E-state index contributed by atoms with van der Waals surface area (Å²) in [5.74, 6) is 0. The third-order valence-electron chi connectivity index (χ3n) is 9.01. The van der Waals surface area contributed by atoms with Crippen LogP contribution in [-0.2, 0) is 4.74 Å². The first-order valence-corrected chi connectivity index (χ1v) is 21.0. The predicted octanol–water partition coefficient (Wildman–Crippen LogP) is 12.6. The number of carbonyl (C=O) groups is 1. The molecule has 5 heteroatoms. The summed E-state index contributed by atoms with van der Waals surface area (Å²) in [6, 6.07) is 0. The summed E-state index contributed by atoms with van der Waals surface area (Å²) in [7, 11) is 4.14. The van der Waals surface area contributed by atoms with Gasteiger partial charge in [-0.15, -0.1) is 0 Å². The Bertz CT molecular complexity index is 789. The van der Waals surface area contributed by atoms with Gasteiger partial charge in [0.2, 0.25) is 0 Å². The SMILES string of the molecule is CCCCC/C=C\C/C=C\CCCCCCCCCN(CCCCCCCC/C=C\C/C=C\CCCCC)C(=O)OCCNCCN(C)C. The van der Waals surface area contributed by atoms with E-state index in [-0.39, 0.29) is 6.09 Å². The van der Waals surface area contributed by atoms with Crippen LogP contribution >= 0.6 is 0 Å². The molecule has 0 saturated heterocycles. The molecule has 0 aromatic heterocycles. The number of hydrogen-bond donors (Lipinski definition) is 1. The minimum atomic E-state index is -0.128. The smallest absolute Gasteiger partial charge is 0.409 e. The standard InChI is InChI=1S/C44H83N3O2/c1-5-7-9-11-13-15-17-19-21-23-25-27-29-31-33-35-37-41-47(44(48)49-43-39-45-38-42-46(3)4)40-36-34-32-30-28-26-24-22-20-18-16-14-12-10-8-6-2/h13-16,19-22,45H,5-12,17-18,23-43H2,1-4H3/b15-13-,16-14-,21-19-,22-20-. The molecule has 0 aliphatic carbocycles. The summed E-state index contributed by atoms with van der Waals surface area (Å²) < 4.78 is 5.67. The number of nitrogens with zero attached hydrogens (tertiary/aromatic N) is 2. The summed E-state index contributed by atoms with van der Waals surface area (Å²) in [5, 5.41) is 3.37. The Hall–Kier alpha value is -1.85. The molecule has 1 N–H and O–H groups in total. The second-order valence-corrected chi connectivity index (χ2v) is 14.2. The van der Waals surface area contributed by atoms with Gasteiger partial charge in [0.25, 0.3) is 0 Å². The highest BCUT2D eigenvalue weighted by Crippen LogP contribution is 2.12. The fourth-order valence-electron chi connectivity index (χ4n) is 5.78. The second-order valence-electron chi connectivity index (χ2n) is 14.2. The Kier molecular flexibility index (Phi) is 39.0. The van der Waals surface area contributed by atoms with Crippen molar-refractivity contribution < 1.29 is 9.53 Å². The summed E-state index contributed by atoms with van der Waals surface area (Å²) in [6.45, 7) is 9.22. The number of likely N-dealkylation sites (N-methyl/N-ethyl adjacent to an activating group) is 1. The van der Waals surface area contributed by atoms with Crippen LogP contribution in [0.1, 0.15) is 174 Å². The van der Waals surface area contributed by atoms with Gasteiger partial charge in [-0.3, -0.25) is 0 Å². The summed E-state index contributed by atoms with van der Waals surface area (Å²) in [6.07, 6.45) is 49.7. The van der Waals surface area contributed by atoms with E-state index < -0.39 is 0 Å². The van der Waals surface area contributed by atoms with Gasteiger partial charge in [-0.1, -0.05) is 146 Å². The van der Waals surface area contributed by atoms with Crippen molar-refractivity contribution in [3.8, 4) is 0 Å². The zero-order valence-corrected chi connectivity index (χ0v) is 33.3. The lowest BCUT2D eigenvalue weighted by molar-refractivity contribution is 0.101. The lowest BCUT2D eigenvalue weighted by atomic mass is 10.1. The van der Waals surface area contributed by atoms with E-state index in [9.17, 15) is 4.79 Å². The zero-order valence-electron chi connectivity index (χ0n) is 33.3. The van der Waals surface area contributed by atoms with Crippen LogP contribution in [0.4, 0.5) is 4.79 Å². The van der Waals surface area contributed by atoms with E-state index in [1.54, 1.807) is 0 Å². The fourth-order valence-corrected chi connectivity index (χ4v) is 5.78. The maximum Gasteiger partial charge on any atom is 0.409 e. The molecule has 0 saturated carbocycles. The number of rotatable bonds is 37. The number of hydrogen-bond acceptors (Lipinski definition) is 4. The first-order valence-electron chi connectivity index (χ1n) is 21.0. The number of amides is 1. The summed E-state index contributed by atoms with van der Waals surface area (Å²) in [5.41, 5.74) is 0. The molecule has 5 nitrogen and oxygen atoms in total. The van der Waals surface area contributed by atoms with Gasteiger partial charge in [0.15, 0.2) is 0 Å². The number of nitrogens with one attached hydrogen (secondary N) is 1. The lowest BCUT2D eigenvalue weighted by Gasteiger charge is -2.22. The molecule has 0 bridgehead atoms. The summed E-state index contributed by atoms with van der Waals surface area (Å²) >= 11 is 0. The van der Waals surface area contributed by atoms with Crippen molar-refractivity contribution in [2.75, 3.05) is 53.4 Å². The van der Waals surface area contributed by atoms with Gasteiger partial charge in [0.1, 0.15) is 6.61 Å². The van der Waals surface area contributed by atoms with Crippen molar-refractivity contribution in [3.05, 3.63) is 48.6 Å². The van der Waals surface area contributed by atoms with Crippen molar-refractivity contribution in [2.24, 2.45) is 0 Å². The molecule has 0 radical (unpaired) electrons. The molecule has 0 heterocycles. The Morgan fingerprint density at radius 3 is 1.29 bits per heavy atom. The minimum absolute atomic E-state index is 0.128. The third-order valence-corrected chi connectivity index (χ3v) is 9.01. The van der Waals surface area contributed by atoms with Crippen LogP contribution in [0, 0.1) is 0 Å². The molecule has 0 aliphatic rings. The van der Waals surface area contributed by atoms with Gasteiger partial charge in [0.05, 0.1) is 0 Å². The van der Waals surface area contributed by atoms with Crippen molar-refractivity contribution in [1.82, 2.24) is 15.1 Å². The highest BCUT2D eigenvalue weighted by atomic mass is 16.6. The predicted molar refractivity (Wildman–Crippen MR) is 218 cm³/mol. The van der Waals surface area contributed by atoms with Crippen molar-refractivity contribution in [3.63, 3.8) is 0 Å². The maximum atomic E-state index is 12.9. The van der Waals surface area contributed by atoms with Crippen LogP contribution < -0.4 is 5.32 Å². The average molecular weight is 686 g/mol. The van der Waals surface area contributed by atoms with Crippen LogP contribution in [0.2, 0.25) is 0 Å². The molecule has 0 unspecified atom stereocenters. The Morgan fingerprint density at radius 1 is 0.490 bits per heavy atom. The van der Waals surface area contributed by atoms with E-state index in [1.165, 1.54) is 135 Å². The average Bonchev–Trinajstić information content (AvgIpc) is 3.09. The minimum Gasteiger partial charge on any atom is -0.448 e. The van der Waals surface area contributed by atoms with Gasteiger partial charge >= 0.3 is 6.09 Å². The van der Waals surface area contributed by atoms with Crippen molar-refractivity contribution in [1.29, 1.82) is 0 Å². The normalized spacial score (nSPS) is 12.2. The highest BCUT2D eigenvalue weighted by molar-refractivity contribution is 5.67. The van der Waals surface area contributed by atoms with Gasteiger partial charge in [-0.05, 0) is 91.1 Å². The Balaban J connectivity index is 4.09. The van der Waals surface area contributed by atoms with E-state index >= 15 is 0 Å². The molecule has 286 valence electrons. The Morgan fingerprint density at radius 2 is 0.878 bits per heavy atom. The van der Waals surface area contributed by atoms with Crippen molar-refractivity contribution in [2.45, 2.75) is 174 Å². The van der Waals surface area contributed by atoms with E-state index in [1.807, 2.05) is 4.90 Å². The molecule has 49 heavy (non-hydrogen) atoms. The van der Waals surface area contributed by atoms with Crippen LogP contribution in [0.15, 0.2) is 48.6 Å². The van der Waals surface area contributed by atoms with Crippen LogP contribution in [0.25, 0.3) is 0 Å². The Labute approximate surface area is 306 Å².